The number of likely N-dealkylation sites (tertiary alicyclic amines) is 1. The standard InChI is InChI=1S/C45H57N9O8S/c1-29(31-10-12-32(13-11-31)40-30(2)46-28-63-40)47-42(58)36-24-33(55)25-54(36)43(59)41(45(3,4)5)50-38(56)26-61-22-20-60-21-23-62-27-39(57)52-18-16-51(17-19-52)37-14-15-53-35-9-7-6-8-34(35)48-44(53)49-37/h6-15,28-29,33,36,41,55H,16-27H2,1-5H3,(H,47,58)(H,50,56)/t29-,33+,36-,41?/m0/s1. The third-order valence-corrected chi connectivity index (χ3v) is 12.4. The molecule has 18 heteroatoms. The molecule has 7 rings (SSSR count). The first-order valence-corrected chi connectivity index (χ1v) is 22.2. The van der Waals surface area contributed by atoms with Crippen LogP contribution in [0.1, 0.15) is 51.4 Å². The molecule has 0 aliphatic carbocycles. The highest BCUT2D eigenvalue weighted by molar-refractivity contribution is 7.13. The summed E-state index contributed by atoms with van der Waals surface area (Å²) in [5.41, 5.74) is 5.90. The molecule has 17 nitrogen and oxygen atoms in total. The van der Waals surface area contributed by atoms with Gasteiger partial charge in [0.15, 0.2) is 0 Å². The highest BCUT2D eigenvalue weighted by Gasteiger charge is 2.44. The lowest BCUT2D eigenvalue weighted by Gasteiger charge is -2.35. The van der Waals surface area contributed by atoms with Crippen LogP contribution in [0.25, 0.3) is 27.3 Å². The van der Waals surface area contributed by atoms with E-state index in [-0.39, 0.29) is 70.5 Å². The third-order valence-electron chi connectivity index (χ3n) is 11.4. The maximum Gasteiger partial charge on any atom is 0.248 e. The fourth-order valence-corrected chi connectivity index (χ4v) is 8.68. The van der Waals surface area contributed by atoms with Crippen molar-refractivity contribution in [3.8, 4) is 10.4 Å². The molecule has 1 unspecified atom stereocenters. The first-order chi connectivity index (χ1) is 30.3. The van der Waals surface area contributed by atoms with E-state index in [2.05, 4.69) is 25.5 Å². The van der Waals surface area contributed by atoms with E-state index < -0.39 is 35.4 Å². The predicted molar refractivity (Wildman–Crippen MR) is 238 cm³/mol. The summed E-state index contributed by atoms with van der Waals surface area (Å²) in [6, 6.07) is 15.6. The van der Waals surface area contributed by atoms with Gasteiger partial charge in [-0.2, -0.15) is 4.98 Å². The van der Waals surface area contributed by atoms with E-state index in [0.717, 1.165) is 38.5 Å². The second kappa shape index (κ2) is 20.3. The number of rotatable bonds is 17. The van der Waals surface area contributed by atoms with Crippen LogP contribution in [0.5, 0.6) is 0 Å². The van der Waals surface area contributed by atoms with Crippen molar-refractivity contribution in [2.75, 3.05) is 77.3 Å². The van der Waals surface area contributed by atoms with Gasteiger partial charge in [-0.25, -0.2) is 9.97 Å². The molecule has 2 aromatic carbocycles. The number of β-amino-alcohol motifs (C(OH)–C–C–N with tert-alkyl or cyclic N) is 1. The summed E-state index contributed by atoms with van der Waals surface area (Å²) < 4.78 is 18.6. The number of para-hydroxylation sites is 2. The van der Waals surface area contributed by atoms with E-state index in [4.69, 9.17) is 19.2 Å². The number of hydrogen-bond acceptors (Lipinski definition) is 13. The fraction of sp³-hybridized carbons (Fsp3) is 0.489. The number of nitrogens with zero attached hydrogens (tertiary/aromatic N) is 7. The highest BCUT2D eigenvalue weighted by atomic mass is 32.1. The number of thiazole rings is 1. The van der Waals surface area contributed by atoms with Gasteiger partial charge in [0.25, 0.3) is 0 Å². The average molecular weight is 884 g/mol. The Morgan fingerprint density at radius 1 is 0.889 bits per heavy atom. The van der Waals surface area contributed by atoms with Crippen molar-refractivity contribution in [3.05, 3.63) is 77.6 Å². The molecule has 0 radical (unpaired) electrons. The second-order valence-corrected chi connectivity index (χ2v) is 17.9. The number of imidazole rings is 1. The van der Waals surface area contributed by atoms with Gasteiger partial charge in [-0.15, -0.1) is 11.3 Å². The van der Waals surface area contributed by atoms with Crippen LogP contribution in [0.2, 0.25) is 0 Å². The van der Waals surface area contributed by atoms with E-state index in [1.54, 1.807) is 16.2 Å². The minimum Gasteiger partial charge on any atom is -0.391 e. The molecule has 4 amide bonds. The van der Waals surface area contributed by atoms with Crippen LogP contribution in [-0.4, -0.2) is 148 Å². The number of carbonyl (C=O) groups excluding carboxylic acids is 4. The molecular weight excluding hydrogens is 827 g/mol. The summed E-state index contributed by atoms with van der Waals surface area (Å²) in [4.78, 5) is 73.5. The van der Waals surface area contributed by atoms with Crippen molar-refractivity contribution in [2.24, 2.45) is 5.41 Å². The van der Waals surface area contributed by atoms with Gasteiger partial charge in [0.1, 0.15) is 31.1 Å². The average Bonchev–Trinajstić information content (AvgIpc) is 4.00. The van der Waals surface area contributed by atoms with E-state index in [1.165, 1.54) is 4.90 Å². The number of amides is 4. The van der Waals surface area contributed by atoms with Crippen LogP contribution < -0.4 is 15.5 Å². The molecule has 2 fully saturated rings. The van der Waals surface area contributed by atoms with Gasteiger partial charge in [0, 0.05) is 45.3 Å². The van der Waals surface area contributed by atoms with Gasteiger partial charge < -0.3 is 44.7 Å². The summed E-state index contributed by atoms with van der Waals surface area (Å²) in [6.07, 6.45) is 1.18. The largest absolute Gasteiger partial charge is 0.391 e. The van der Waals surface area contributed by atoms with Crippen LogP contribution >= 0.6 is 11.3 Å². The van der Waals surface area contributed by atoms with Crippen molar-refractivity contribution < 1.29 is 38.5 Å². The number of carbonyl (C=O) groups is 4. The number of anilines is 1. The van der Waals surface area contributed by atoms with Gasteiger partial charge in [-0.05, 0) is 48.6 Å². The van der Waals surface area contributed by atoms with Crippen molar-refractivity contribution in [2.45, 2.75) is 65.3 Å². The van der Waals surface area contributed by atoms with Gasteiger partial charge in [0.05, 0.1) is 65.7 Å². The van der Waals surface area contributed by atoms with Crippen molar-refractivity contribution in [3.63, 3.8) is 0 Å². The molecule has 0 bridgehead atoms. The molecule has 2 aliphatic heterocycles. The van der Waals surface area contributed by atoms with Gasteiger partial charge >= 0.3 is 0 Å². The highest BCUT2D eigenvalue weighted by Crippen LogP contribution is 2.30. The molecule has 2 aliphatic rings. The zero-order valence-corrected chi connectivity index (χ0v) is 37.3. The SMILES string of the molecule is Cc1ncsc1-c1ccc([C@H](C)NC(=O)[C@@H]2C[C@@H](O)CN2C(=O)C(NC(=O)COCCOCCOCC(=O)N2CCN(c3ccn4c(n3)nc3ccccc34)CC2)C(C)(C)C)cc1. The number of aromatic nitrogens is 4. The molecule has 5 aromatic rings. The Balaban J connectivity index is 0.776. The number of piperazine rings is 1. The molecule has 4 atom stereocenters. The zero-order valence-electron chi connectivity index (χ0n) is 36.5. The molecule has 3 N–H and O–H groups in total. The third kappa shape index (κ3) is 11.2. The number of nitrogens with one attached hydrogen (secondary N) is 2. The van der Waals surface area contributed by atoms with Crippen LogP contribution in [0.4, 0.5) is 5.82 Å². The first kappa shape index (κ1) is 45.5. The number of aliphatic hydroxyl groups excluding tert-OH is 1. The summed E-state index contributed by atoms with van der Waals surface area (Å²) in [6.45, 7) is 12.1. The van der Waals surface area contributed by atoms with Gasteiger partial charge in [-0.3, -0.25) is 23.6 Å². The van der Waals surface area contributed by atoms with Gasteiger partial charge in [0.2, 0.25) is 29.4 Å². The van der Waals surface area contributed by atoms with E-state index in [9.17, 15) is 24.3 Å². The van der Waals surface area contributed by atoms with Gasteiger partial charge in [-0.1, -0.05) is 57.2 Å². The summed E-state index contributed by atoms with van der Waals surface area (Å²) in [5.74, 6) is 0.0487. The molecule has 0 saturated carbocycles. The quantitative estimate of drug-likeness (QED) is 0.116. The maximum atomic E-state index is 14.0. The van der Waals surface area contributed by atoms with E-state index in [0.29, 0.717) is 32.0 Å². The maximum absolute atomic E-state index is 14.0. The molecule has 5 heterocycles. The number of benzene rings is 2. The molecule has 0 spiro atoms. The summed E-state index contributed by atoms with van der Waals surface area (Å²) in [5, 5.41) is 16.4. The lowest BCUT2D eigenvalue weighted by Crippen LogP contribution is -2.58. The summed E-state index contributed by atoms with van der Waals surface area (Å²) in [7, 11) is 0. The Hall–Kier alpha value is -5.53. The molecule has 3 aromatic heterocycles. The fourth-order valence-electron chi connectivity index (χ4n) is 7.87. The van der Waals surface area contributed by atoms with Crippen molar-refractivity contribution in [1.82, 2.24) is 39.8 Å². The van der Waals surface area contributed by atoms with Crippen molar-refractivity contribution in [1.29, 1.82) is 0 Å². The Morgan fingerprint density at radius 3 is 2.29 bits per heavy atom. The minimum absolute atomic E-state index is 0.0272. The van der Waals surface area contributed by atoms with E-state index in [1.807, 2.05) is 105 Å². The Kier molecular flexibility index (Phi) is 14.7. The number of ether oxygens (including phenoxy) is 3. The molecule has 63 heavy (non-hydrogen) atoms. The van der Waals surface area contributed by atoms with Crippen LogP contribution in [-0.2, 0) is 33.4 Å². The first-order valence-electron chi connectivity index (χ1n) is 21.4. The molecule has 2 saturated heterocycles. The van der Waals surface area contributed by atoms with Crippen LogP contribution in [0.3, 0.4) is 0 Å². The molecule has 336 valence electrons. The Labute approximate surface area is 370 Å². The number of fused-ring (bicyclic) bond motifs is 3. The zero-order chi connectivity index (χ0) is 44.7. The monoisotopic (exact) mass is 883 g/mol. The predicted octanol–water partition coefficient (Wildman–Crippen LogP) is 3.38. The number of aliphatic hydroxyl groups is 1. The Bertz CT molecular complexity index is 2370. The second-order valence-electron chi connectivity index (χ2n) is 17.0. The molecular formula is C45H57N9O8S. The lowest BCUT2D eigenvalue weighted by molar-refractivity contribution is -0.144. The lowest BCUT2D eigenvalue weighted by atomic mass is 9.85. The Morgan fingerprint density at radius 2 is 1.59 bits per heavy atom. The number of hydrogen-bond donors (Lipinski definition) is 3. The topological polar surface area (TPSA) is 193 Å². The normalized spacial score (nSPS) is 17.9. The van der Waals surface area contributed by atoms with Crippen LogP contribution in [0.15, 0.2) is 66.3 Å². The smallest absolute Gasteiger partial charge is 0.248 e. The van der Waals surface area contributed by atoms with Crippen molar-refractivity contribution >= 4 is 57.6 Å². The minimum atomic E-state index is -0.981. The summed E-state index contributed by atoms with van der Waals surface area (Å²) >= 11 is 1.57. The van der Waals surface area contributed by atoms with Crippen LogP contribution in [0, 0.1) is 12.3 Å². The van der Waals surface area contributed by atoms with E-state index >= 15 is 0 Å². The number of aryl methyl sites for hydroxylation is 1.